The van der Waals surface area contributed by atoms with Gasteiger partial charge >= 0.3 is 0 Å². The number of benzene rings is 1. The summed E-state index contributed by atoms with van der Waals surface area (Å²) in [5.41, 5.74) is 2.45. The molecular formula is C20H24N4O3. The lowest BCUT2D eigenvalue weighted by Gasteiger charge is -2.26. The van der Waals surface area contributed by atoms with Gasteiger partial charge in [0.1, 0.15) is 5.69 Å². The Hall–Kier alpha value is -2.77. The molecule has 3 rings (SSSR count). The number of aromatic nitrogens is 1. The Balaban J connectivity index is 1.54. The number of amides is 2. The molecule has 27 heavy (non-hydrogen) atoms. The van der Waals surface area contributed by atoms with E-state index >= 15 is 0 Å². The smallest absolute Gasteiger partial charge is 0.269 e. The molecule has 7 heteroatoms. The summed E-state index contributed by atoms with van der Waals surface area (Å²) in [5.74, 6) is -0.558. The van der Waals surface area contributed by atoms with Crippen LogP contribution in [0.15, 0.2) is 42.6 Å². The number of carbonyl (C=O) groups is 2. The highest BCUT2D eigenvalue weighted by Crippen LogP contribution is 2.11. The summed E-state index contributed by atoms with van der Waals surface area (Å²) in [7, 11) is 0. The Morgan fingerprint density at radius 1 is 1.11 bits per heavy atom. The van der Waals surface area contributed by atoms with Gasteiger partial charge in [-0.05, 0) is 31.2 Å². The van der Waals surface area contributed by atoms with Gasteiger partial charge in [0.2, 0.25) is 0 Å². The van der Waals surface area contributed by atoms with Crippen molar-refractivity contribution in [3.05, 3.63) is 59.4 Å². The lowest BCUT2D eigenvalue weighted by Crippen LogP contribution is -2.41. The predicted molar refractivity (Wildman–Crippen MR) is 103 cm³/mol. The molecule has 1 aromatic heterocycles. The van der Waals surface area contributed by atoms with Crippen LogP contribution in [0.3, 0.4) is 0 Å². The van der Waals surface area contributed by atoms with Crippen LogP contribution >= 0.6 is 0 Å². The third-order valence-electron chi connectivity index (χ3n) is 4.38. The number of anilines is 1. The Kier molecular flexibility index (Phi) is 6.51. The quantitative estimate of drug-likeness (QED) is 0.811. The van der Waals surface area contributed by atoms with E-state index in [1.54, 1.807) is 6.07 Å². The van der Waals surface area contributed by atoms with E-state index in [0.717, 1.165) is 38.4 Å². The number of ether oxygens (including phenoxy) is 1. The molecule has 2 heterocycles. The first-order valence-electron chi connectivity index (χ1n) is 9.04. The number of pyridine rings is 1. The van der Waals surface area contributed by atoms with Gasteiger partial charge in [0, 0.05) is 43.6 Å². The standard InChI is InChI=1S/C20H24N4O3/c1-15-2-4-17(5-3-15)23-19(25)16-6-7-21-18(14-16)20(26)22-8-9-24-10-12-27-13-11-24/h2-7,14H,8-13H2,1H3,(H,22,26)(H,23,25). The van der Waals surface area contributed by atoms with Gasteiger partial charge in [0.25, 0.3) is 11.8 Å². The zero-order valence-corrected chi connectivity index (χ0v) is 15.4. The van der Waals surface area contributed by atoms with Crippen LogP contribution < -0.4 is 10.6 Å². The maximum Gasteiger partial charge on any atom is 0.269 e. The molecule has 1 aliphatic heterocycles. The summed E-state index contributed by atoms with van der Waals surface area (Å²) in [6, 6.07) is 10.6. The molecule has 0 atom stereocenters. The fourth-order valence-corrected chi connectivity index (χ4v) is 2.78. The van der Waals surface area contributed by atoms with Gasteiger partial charge in [-0.15, -0.1) is 0 Å². The van der Waals surface area contributed by atoms with Crippen molar-refractivity contribution in [3.8, 4) is 0 Å². The summed E-state index contributed by atoms with van der Waals surface area (Å²) >= 11 is 0. The summed E-state index contributed by atoms with van der Waals surface area (Å²) in [4.78, 5) is 31.0. The van der Waals surface area contributed by atoms with Crippen molar-refractivity contribution in [2.45, 2.75) is 6.92 Å². The van der Waals surface area contributed by atoms with E-state index in [0.29, 0.717) is 17.8 Å². The maximum atomic E-state index is 12.4. The molecule has 7 nitrogen and oxygen atoms in total. The van der Waals surface area contributed by atoms with E-state index < -0.39 is 0 Å². The second-order valence-electron chi connectivity index (χ2n) is 6.46. The number of nitrogens with one attached hydrogen (secondary N) is 2. The zero-order valence-electron chi connectivity index (χ0n) is 15.4. The Morgan fingerprint density at radius 3 is 2.59 bits per heavy atom. The number of hydrogen-bond donors (Lipinski definition) is 2. The number of aryl methyl sites for hydroxylation is 1. The van der Waals surface area contributed by atoms with Crippen molar-refractivity contribution in [2.75, 3.05) is 44.7 Å². The molecule has 2 aromatic rings. The minimum Gasteiger partial charge on any atom is -0.379 e. The van der Waals surface area contributed by atoms with Crippen molar-refractivity contribution in [3.63, 3.8) is 0 Å². The molecule has 2 N–H and O–H groups in total. The first-order valence-corrected chi connectivity index (χ1v) is 9.04. The molecule has 0 aliphatic carbocycles. The lowest BCUT2D eigenvalue weighted by molar-refractivity contribution is 0.0383. The van der Waals surface area contributed by atoms with Crippen molar-refractivity contribution < 1.29 is 14.3 Å². The number of rotatable bonds is 6. The van der Waals surface area contributed by atoms with E-state index in [1.807, 2.05) is 31.2 Å². The van der Waals surface area contributed by atoms with Crippen LogP contribution in [0.4, 0.5) is 5.69 Å². The van der Waals surface area contributed by atoms with Crippen molar-refractivity contribution in [1.82, 2.24) is 15.2 Å². The summed E-state index contributed by atoms with van der Waals surface area (Å²) in [6.07, 6.45) is 1.47. The fourth-order valence-electron chi connectivity index (χ4n) is 2.78. The SMILES string of the molecule is Cc1ccc(NC(=O)c2ccnc(C(=O)NCCN3CCOCC3)c2)cc1. The molecule has 142 valence electrons. The average molecular weight is 368 g/mol. The monoisotopic (exact) mass is 368 g/mol. The van der Waals surface area contributed by atoms with Gasteiger partial charge in [0.05, 0.1) is 13.2 Å². The first kappa shape index (κ1) is 19.0. The molecule has 1 saturated heterocycles. The lowest BCUT2D eigenvalue weighted by atomic mass is 10.2. The van der Waals surface area contributed by atoms with Gasteiger partial charge in [-0.1, -0.05) is 17.7 Å². The van der Waals surface area contributed by atoms with Gasteiger partial charge in [-0.25, -0.2) is 0 Å². The Bertz CT molecular complexity index is 786. The number of carbonyl (C=O) groups excluding carboxylic acids is 2. The third kappa shape index (κ3) is 5.60. The molecule has 0 unspecified atom stereocenters. The molecule has 0 radical (unpaired) electrons. The minimum absolute atomic E-state index is 0.230. The average Bonchev–Trinajstić information content (AvgIpc) is 2.70. The van der Waals surface area contributed by atoms with E-state index in [1.165, 1.54) is 12.3 Å². The molecule has 0 bridgehead atoms. The van der Waals surface area contributed by atoms with Crippen LogP contribution in [0, 0.1) is 6.92 Å². The Morgan fingerprint density at radius 2 is 1.85 bits per heavy atom. The van der Waals surface area contributed by atoms with Crippen molar-refractivity contribution >= 4 is 17.5 Å². The fraction of sp³-hybridized carbons (Fsp3) is 0.350. The molecule has 1 fully saturated rings. The van der Waals surface area contributed by atoms with E-state index in [-0.39, 0.29) is 17.5 Å². The van der Waals surface area contributed by atoms with Gasteiger partial charge in [-0.2, -0.15) is 0 Å². The second-order valence-corrected chi connectivity index (χ2v) is 6.46. The maximum absolute atomic E-state index is 12.4. The number of nitrogens with zero attached hydrogens (tertiary/aromatic N) is 2. The highest BCUT2D eigenvalue weighted by molar-refractivity contribution is 6.05. The zero-order chi connectivity index (χ0) is 19.1. The van der Waals surface area contributed by atoms with Gasteiger partial charge in [-0.3, -0.25) is 19.5 Å². The van der Waals surface area contributed by atoms with Crippen molar-refractivity contribution in [2.24, 2.45) is 0 Å². The minimum atomic E-state index is -0.284. The molecular weight excluding hydrogens is 344 g/mol. The first-order chi connectivity index (χ1) is 13.1. The van der Waals surface area contributed by atoms with Crippen molar-refractivity contribution in [1.29, 1.82) is 0 Å². The number of hydrogen-bond acceptors (Lipinski definition) is 5. The molecule has 1 aliphatic rings. The van der Waals surface area contributed by atoms with Crippen LogP contribution in [0.2, 0.25) is 0 Å². The topological polar surface area (TPSA) is 83.6 Å². The molecule has 1 aromatic carbocycles. The molecule has 2 amide bonds. The highest BCUT2D eigenvalue weighted by Gasteiger charge is 2.13. The van der Waals surface area contributed by atoms with Gasteiger partial charge < -0.3 is 15.4 Å². The molecule has 0 saturated carbocycles. The van der Waals surface area contributed by atoms with Crippen LogP contribution in [0.5, 0.6) is 0 Å². The summed E-state index contributed by atoms with van der Waals surface area (Å²) in [6.45, 7) is 6.49. The van der Waals surface area contributed by atoms with Crippen LogP contribution in [-0.4, -0.2) is 61.1 Å². The highest BCUT2D eigenvalue weighted by atomic mass is 16.5. The van der Waals surface area contributed by atoms with Crippen LogP contribution in [0.1, 0.15) is 26.4 Å². The van der Waals surface area contributed by atoms with E-state index in [2.05, 4.69) is 20.5 Å². The van der Waals surface area contributed by atoms with Crippen LogP contribution in [0.25, 0.3) is 0 Å². The van der Waals surface area contributed by atoms with E-state index in [9.17, 15) is 9.59 Å². The largest absolute Gasteiger partial charge is 0.379 e. The predicted octanol–water partition coefficient (Wildman–Crippen LogP) is 1.70. The third-order valence-corrected chi connectivity index (χ3v) is 4.38. The normalized spacial score (nSPS) is 14.6. The van der Waals surface area contributed by atoms with E-state index in [4.69, 9.17) is 4.74 Å². The number of morpholine rings is 1. The van der Waals surface area contributed by atoms with Crippen LogP contribution in [-0.2, 0) is 4.74 Å². The summed E-state index contributed by atoms with van der Waals surface area (Å²) < 4.78 is 5.30. The molecule has 0 spiro atoms. The summed E-state index contributed by atoms with van der Waals surface area (Å²) in [5, 5.41) is 5.67. The second kappa shape index (κ2) is 9.25. The Labute approximate surface area is 158 Å². The van der Waals surface area contributed by atoms with Gasteiger partial charge in [0.15, 0.2) is 0 Å².